The second-order valence-electron chi connectivity index (χ2n) is 5.18. The fourth-order valence-electron chi connectivity index (χ4n) is 2.68. The maximum absolute atomic E-state index is 5.89. The number of hydrogen-bond acceptors (Lipinski definition) is 1. The van der Waals surface area contributed by atoms with Crippen molar-refractivity contribution in [3.8, 4) is 0 Å². The number of hydrogen-bond donors (Lipinski definition) is 1. The van der Waals surface area contributed by atoms with Crippen molar-refractivity contribution < 1.29 is 0 Å². The molecule has 1 aliphatic rings. The first-order valence-electron chi connectivity index (χ1n) is 5.39. The number of nitrogens with zero attached hydrogens (tertiary/aromatic N) is 1. The minimum Gasteiger partial charge on any atom is -0.357 e. The fourth-order valence-corrected chi connectivity index (χ4v) is 2.68. The number of aryl methyl sites for hydroxylation is 2. The van der Waals surface area contributed by atoms with Crippen LogP contribution in [0.2, 0.25) is 0 Å². The van der Waals surface area contributed by atoms with Crippen LogP contribution in [0.3, 0.4) is 0 Å². The first-order valence-corrected chi connectivity index (χ1v) is 5.39. The van der Waals surface area contributed by atoms with Crippen molar-refractivity contribution in [1.29, 1.82) is 0 Å². The van der Waals surface area contributed by atoms with E-state index in [0.29, 0.717) is 11.3 Å². The molecule has 0 radical (unpaired) electrons. The van der Waals surface area contributed by atoms with Gasteiger partial charge in [-0.15, -0.1) is 0 Å². The third-order valence-electron chi connectivity index (χ3n) is 3.67. The minimum atomic E-state index is 0.364. The van der Waals surface area contributed by atoms with Crippen LogP contribution in [0.5, 0.6) is 0 Å². The molecule has 0 aromatic carbocycles. The molecule has 0 aliphatic heterocycles. The zero-order valence-corrected chi connectivity index (χ0v) is 9.38. The van der Waals surface area contributed by atoms with Gasteiger partial charge in [-0.25, -0.2) is 0 Å². The van der Waals surface area contributed by atoms with Gasteiger partial charge in [0.15, 0.2) is 0 Å². The molecule has 0 fully saturated rings. The Morgan fingerprint density at radius 3 is 2.86 bits per heavy atom. The highest BCUT2D eigenvalue weighted by Crippen LogP contribution is 2.44. The summed E-state index contributed by atoms with van der Waals surface area (Å²) in [6.45, 7) is 5.44. The third-order valence-corrected chi connectivity index (χ3v) is 3.67. The molecule has 1 atom stereocenters. The molecule has 0 saturated heterocycles. The summed E-state index contributed by atoms with van der Waals surface area (Å²) in [5, 5.41) is 0. The van der Waals surface area contributed by atoms with Gasteiger partial charge in [-0.3, -0.25) is 0 Å². The maximum atomic E-state index is 5.89. The van der Waals surface area contributed by atoms with Crippen molar-refractivity contribution in [2.24, 2.45) is 18.2 Å². The van der Waals surface area contributed by atoms with Gasteiger partial charge in [0.2, 0.25) is 0 Å². The number of aromatic nitrogens is 1. The average Bonchev–Trinajstić information content (AvgIpc) is 2.44. The normalized spacial score (nSPS) is 24.7. The first-order chi connectivity index (χ1) is 6.54. The van der Waals surface area contributed by atoms with Crippen molar-refractivity contribution in [2.75, 3.05) is 6.54 Å². The van der Waals surface area contributed by atoms with E-state index in [2.05, 4.69) is 37.9 Å². The van der Waals surface area contributed by atoms with Gasteiger partial charge in [0.25, 0.3) is 0 Å². The second kappa shape index (κ2) is 3.13. The molecule has 1 aliphatic carbocycles. The molecule has 0 spiro atoms. The lowest BCUT2D eigenvalue weighted by molar-refractivity contribution is 0.250. The molecular weight excluding hydrogens is 172 g/mol. The van der Waals surface area contributed by atoms with E-state index >= 15 is 0 Å². The number of fused-ring (bicyclic) bond motifs is 1. The van der Waals surface area contributed by atoms with Gasteiger partial charge in [0, 0.05) is 25.4 Å². The Labute approximate surface area is 86.1 Å². The molecule has 1 unspecified atom stereocenters. The van der Waals surface area contributed by atoms with Crippen molar-refractivity contribution in [1.82, 2.24) is 4.57 Å². The van der Waals surface area contributed by atoms with Gasteiger partial charge >= 0.3 is 0 Å². The Bertz CT molecular complexity index is 336. The van der Waals surface area contributed by atoms with Gasteiger partial charge in [-0.2, -0.15) is 0 Å². The topological polar surface area (TPSA) is 30.9 Å². The van der Waals surface area contributed by atoms with Crippen molar-refractivity contribution in [3.05, 3.63) is 23.5 Å². The zero-order chi connectivity index (χ0) is 10.3. The van der Waals surface area contributed by atoms with Crippen molar-refractivity contribution >= 4 is 0 Å². The molecule has 1 aromatic rings. The van der Waals surface area contributed by atoms with Crippen LogP contribution in [0.1, 0.15) is 37.3 Å². The van der Waals surface area contributed by atoms with Crippen LogP contribution in [-0.2, 0) is 13.5 Å². The molecule has 14 heavy (non-hydrogen) atoms. The molecule has 2 nitrogen and oxygen atoms in total. The Morgan fingerprint density at radius 1 is 1.50 bits per heavy atom. The summed E-state index contributed by atoms with van der Waals surface area (Å²) in [5.41, 5.74) is 9.24. The maximum Gasteiger partial charge on any atom is 0.0106 e. The zero-order valence-electron chi connectivity index (χ0n) is 9.38. The van der Waals surface area contributed by atoms with Crippen LogP contribution >= 0.6 is 0 Å². The predicted octanol–water partition coefficient (Wildman–Crippen LogP) is 2.04. The smallest absolute Gasteiger partial charge is 0.0106 e. The van der Waals surface area contributed by atoms with Crippen LogP contribution in [0.15, 0.2) is 12.4 Å². The standard InChI is InChI=1S/C12H20N2/c1-12(2)5-4-9-7-14(3)8-10(9)11(12)6-13/h7-8,11H,4-6,13H2,1-3H3. The van der Waals surface area contributed by atoms with Crippen molar-refractivity contribution in [3.63, 3.8) is 0 Å². The molecular formula is C12H20N2. The Morgan fingerprint density at radius 2 is 2.21 bits per heavy atom. The Balaban J connectivity index is 2.44. The summed E-state index contributed by atoms with van der Waals surface area (Å²) in [7, 11) is 2.10. The number of nitrogens with two attached hydrogens (primary N) is 1. The van der Waals surface area contributed by atoms with Crippen LogP contribution < -0.4 is 5.73 Å². The molecule has 0 bridgehead atoms. The molecule has 2 rings (SSSR count). The van der Waals surface area contributed by atoms with Crippen LogP contribution in [0, 0.1) is 5.41 Å². The minimum absolute atomic E-state index is 0.364. The van der Waals surface area contributed by atoms with E-state index in [1.807, 2.05) is 0 Å². The van der Waals surface area contributed by atoms with Gasteiger partial charge < -0.3 is 10.3 Å². The number of rotatable bonds is 1. The van der Waals surface area contributed by atoms with E-state index in [-0.39, 0.29) is 0 Å². The summed E-state index contributed by atoms with van der Waals surface area (Å²) in [4.78, 5) is 0. The van der Waals surface area contributed by atoms with E-state index < -0.39 is 0 Å². The summed E-state index contributed by atoms with van der Waals surface area (Å²) in [6, 6.07) is 0. The quantitative estimate of drug-likeness (QED) is 0.725. The fraction of sp³-hybridized carbons (Fsp3) is 0.667. The van der Waals surface area contributed by atoms with Crippen LogP contribution in [0.4, 0.5) is 0 Å². The van der Waals surface area contributed by atoms with E-state index in [0.717, 1.165) is 6.54 Å². The summed E-state index contributed by atoms with van der Waals surface area (Å²) >= 11 is 0. The second-order valence-corrected chi connectivity index (χ2v) is 5.18. The predicted molar refractivity (Wildman–Crippen MR) is 59.3 cm³/mol. The highest BCUT2D eigenvalue weighted by molar-refractivity contribution is 5.33. The summed E-state index contributed by atoms with van der Waals surface area (Å²) in [5.74, 6) is 0.535. The lowest BCUT2D eigenvalue weighted by Crippen LogP contribution is -2.32. The van der Waals surface area contributed by atoms with E-state index in [1.54, 1.807) is 0 Å². The lowest BCUT2D eigenvalue weighted by atomic mass is 9.67. The average molecular weight is 192 g/mol. The summed E-state index contributed by atoms with van der Waals surface area (Å²) < 4.78 is 2.16. The van der Waals surface area contributed by atoms with E-state index in [1.165, 1.54) is 24.0 Å². The Hall–Kier alpha value is -0.760. The molecule has 0 saturated carbocycles. The first kappa shape index (κ1) is 9.78. The third kappa shape index (κ3) is 1.38. The highest BCUT2D eigenvalue weighted by Gasteiger charge is 2.35. The van der Waals surface area contributed by atoms with E-state index in [4.69, 9.17) is 5.73 Å². The largest absolute Gasteiger partial charge is 0.357 e. The molecule has 0 amide bonds. The van der Waals surface area contributed by atoms with Gasteiger partial charge in [0.05, 0.1) is 0 Å². The Kier molecular flexibility index (Phi) is 2.18. The molecule has 2 N–H and O–H groups in total. The molecule has 78 valence electrons. The highest BCUT2D eigenvalue weighted by atomic mass is 14.9. The molecule has 1 aromatic heterocycles. The van der Waals surface area contributed by atoms with Gasteiger partial charge in [0.1, 0.15) is 0 Å². The van der Waals surface area contributed by atoms with Gasteiger partial charge in [-0.05, 0) is 35.9 Å². The molecule has 2 heteroatoms. The lowest BCUT2D eigenvalue weighted by Gasteiger charge is -2.38. The van der Waals surface area contributed by atoms with E-state index in [9.17, 15) is 0 Å². The SMILES string of the molecule is Cn1cc2c(c1)C(CN)C(C)(C)CC2. The van der Waals surface area contributed by atoms with Gasteiger partial charge in [-0.1, -0.05) is 13.8 Å². The van der Waals surface area contributed by atoms with Crippen molar-refractivity contribution in [2.45, 2.75) is 32.6 Å². The summed E-state index contributed by atoms with van der Waals surface area (Å²) in [6.07, 6.45) is 6.95. The molecule has 1 heterocycles. The van der Waals surface area contributed by atoms with Crippen LogP contribution in [0.25, 0.3) is 0 Å². The monoisotopic (exact) mass is 192 g/mol. The van der Waals surface area contributed by atoms with Crippen LogP contribution in [-0.4, -0.2) is 11.1 Å².